The molecule has 0 saturated heterocycles. The molecule has 120 valence electrons. The Bertz CT molecular complexity index is 729. The van der Waals surface area contributed by atoms with Crippen molar-refractivity contribution in [1.82, 2.24) is 5.43 Å². The Morgan fingerprint density at radius 3 is 2.57 bits per heavy atom. The summed E-state index contributed by atoms with van der Waals surface area (Å²) in [6.45, 7) is 0.0505. The van der Waals surface area contributed by atoms with Crippen molar-refractivity contribution in [3.8, 4) is 5.75 Å². The summed E-state index contributed by atoms with van der Waals surface area (Å²) in [5.41, 5.74) is 9.12. The van der Waals surface area contributed by atoms with Gasteiger partial charge in [-0.2, -0.15) is 5.10 Å². The van der Waals surface area contributed by atoms with Gasteiger partial charge in [0.1, 0.15) is 12.4 Å². The smallest absolute Gasteiger partial charge is 0.194 e. The molecule has 0 radical (unpaired) electrons. The molecule has 0 heterocycles. The molecule has 0 aromatic heterocycles. The summed E-state index contributed by atoms with van der Waals surface area (Å²) in [6.07, 6.45) is 1.50. The first-order chi connectivity index (χ1) is 11.0. The Morgan fingerprint density at radius 2 is 1.91 bits per heavy atom. The number of halogens is 3. The first-order valence-corrected chi connectivity index (χ1v) is 6.81. The summed E-state index contributed by atoms with van der Waals surface area (Å²) in [5.74, 6) is -4.23. The van der Waals surface area contributed by atoms with Crippen molar-refractivity contribution >= 4 is 23.5 Å². The molecule has 0 atom stereocenters. The number of benzene rings is 2. The van der Waals surface area contributed by atoms with Crippen LogP contribution in [0, 0.1) is 17.5 Å². The average Bonchev–Trinajstić information content (AvgIpc) is 2.50. The van der Waals surface area contributed by atoms with Crippen LogP contribution in [0.2, 0.25) is 0 Å². The van der Waals surface area contributed by atoms with E-state index in [-0.39, 0.29) is 17.5 Å². The topological polar surface area (TPSA) is 59.6 Å². The summed E-state index contributed by atoms with van der Waals surface area (Å²) in [5, 5.41) is 3.85. The highest BCUT2D eigenvalue weighted by Crippen LogP contribution is 2.20. The predicted octanol–water partition coefficient (Wildman–Crippen LogP) is 2.85. The molecule has 0 bridgehead atoms. The van der Waals surface area contributed by atoms with E-state index in [2.05, 4.69) is 22.7 Å². The molecule has 2 aromatic rings. The van der Waals surface area contributed by atoms with Crippen LogP contribution in [-0.4, -0.2) is 11.3 Å². The highest BCUT2D eigenvalue weighted by Gasteiger charge is 2.11. The standard InChI is InChI=1S/C15H12F3N3OS/c16-12-5-11(6-13(17)14(12)18)22-8-10-3-1-2-9(4-10)7-20-21-15(19)23/h1-7H,8H2,(H3,19,21,23). The SMILES string of the molecule is NC(=S)NN=Cc1cccc(COc2cc(F)c(F)c(F)c2)c1. The number of ether oxygens (including phenoxy) is 1. The molecule has 0 aliphatic rings. The van der Waals surface area contributed by atoms with Crippen LogP contribution in [0.1, 0.15) is 11.1 Å². The second-order valence-corrected chi connectivity index (χ2v) is 4.91. The number of hydrazone groups is 1. The molecule has 0 amide bonds. The van der Waals surface area contributed by atoms with E-state index in [1.807, 2.05) is 0 Å². The maximum atomic E-state index is 13.1. The van der Waals surface area contributed by atoms with Crippen molar-refractivity contribution in [3.63, 3.8) is 0 Å². The summed E-state index contributed by atoms with van der Waals surface area (Å²) >= 11 is 4.61. The fraction of sp³-hybridized carbons (Fsp3) is 0.0667. The summed E-state index contributed by atoms with van der Waals surface area (Å²) in [6, 6.07) is 8.62. The van der Waals surface area contributed by atoms with Gasteiger partial charge in [0.2, 0.25) is 0 Å². The third-order valence-corrected chi connectivity index (χ3v) is 2.79. The monoisotopic (exact) mass is 339 g/mol. The highest BCUT2D eigenvalue weighted by atomic mass is 32.1. The van der Waals surface area contributed by atoms with Crippen molar-refractivity contribution < 1.29 is 17.9 Å². The lowest BCUT2D eigenvalue weighted by atomic mass is 10.1. The van der Waals surface area contributed by atoms with E-state index in [9.17, 15) is 13.2 Å². The molecule has 0 aliphatic carbocycles. The number of nitrogens with zero attached hydrogens (tertiary/aromatic N) is 1. The molecule has 8 heteroatoms. The molecule has 3 N–H and O–H groups in total. The van der Waals surface area contributed by atoms with Gasteiger partial charge in [0.25, 0.3) is 0 Å². The van der Waals surface area contributed by atoms with Crippen LogP contribution < -0.4 is 15.9 Å². The van der Waals surface area contributed by atoms with Gasteiger partial charge in [-0.3, -0.25) is 5.43 Å². The first-order valence-electron chi connectivity index (χ1n) is 6.40. The van der Waals surface area contributed by atoms with Gasteiger partial charge >= 0.3 is 0 Å². The number of nitrogens with one attached hydrogen (secondary N) is 1. The van der Waals surface area contributed by atoms with Crippen LogP contribution in [-0.2, 0) is 6.61 Å². The number of nitrogens with two attached hydrogens (primary N) is 1. The summed E-state index contributed by atoms with van der Waals surface area (Å²) in [7, 11) is 0. The van der Waals surface area contributed by atoms with Crippen LogP contribution in [0.3, 0.4) is 0 Å². The Hall–Kier alpha value is -2.61. The number of rotatable bonds is 5. The largest absolute Gasteiger partial charge is 0.489 e. The minimum Gasteiger partial charge on any atom is -0.489 e. The van der Waals surface area contributed by atoms with Gasteiger partial charge in [-0.1, -0.05) is 18.2 Å². The molecule has 2 aromatic carbocycles. The molecule has 0 spiro atoms. The Kier molecular flexibility index (Phi) is 5.53. The van der Waals surface area contributed by atoms with E-state index < -0.39 is 17.5 Å². The Labute approximate surface area is 135 Å². The van der Waals surface area contributed by atoms with Crippen molar-refractivity contribution in [2.75, 3.05) is 0 Å². The second kappa shape index (κ2) is 7.59. The van der Waals surface area contributed by atoms with Gasteiger partial charge in [-0.25, -0.2) is 13.2 Å². The molecule has 0 aliphatic heterocycles. The maximum absolute atomic E-state index is 13.1. The van der Waals surface area contributed by atoms with Crippen molar-refractivity contribution in [3.05, 3.63) is 65.0 Å². The molecule has 23 heavy (non-hydrogen) atoms. The molecular weight excluding hydrogens is 327 g/mol. The molecule has 0 saturated carbocycles. The maximum Gasteiger partial charge on any atom is 0.194 e. The molecule has 2 rings (SSSR count). The zero-order valence-electron chi connectivity index (χ0n) is 11.7. The van der Waals surface area contributed by atoms with Crippen molar-refractivity contribution in [1.29, 1.82) is 0 Å². The van der Waals surface area contributed by atoms with Gasteiger partial charge in [0.05, 0.1) is 6.21 Å². The quantitative estimate of drug-likeness (QED) is 0.381. The van der Waals surface area contributed by atoms with Gasteiger partial charge in [-0.05, 0) is 29.4 Å². The van der Waals surface area contributed by atoms with E-state index in [1.54, 1.807) is 24.3 Å². The number of hydrogen-bond donors (Lipinski definition) is 2. The molecule has 4 nitrogen and oxygen atoms in total. The fourth-order valence-electron chi connectivity index (χ4n) is 1.72. The Balaban J connectivity index is 2.03. The van der Waals surface area contributed by atoms with Crippen LogP contribution in [0.15, 0.2) is 41.5 Å². The zero-order chi connectivity index (χ0) is 16.8. The lowest BCUT2D eigenvalue weighted by Crippen LogP contribution is -2.23. The minimum absolute atomic E-state index is 0.0427. The highest BCUT2D eigenvalue weighted by molar-refractivity contribution is 7.80. The zero-order valence-corrected chi connectivity index (χ0v) is 12.5. The van der Waals surface area contributed by atoms with E-state index in [0.29, 0.717) is 0 Å². The van der Waals surface area contributed by atoms with Crippen LogP contribution >= 0.6 is 12.2 Å². The minimum atomic E-state index is -1.53. The normalized spacial score (nSPS) is 10.7. The van der Waals surface area contributed by atoms with Gasteiger partial charge in [0, 0.05) is 12.1 Å². The molecule has 0 unspecified atom stereocenters. The number of hydrogen-bond acceptors (Lipinski definition) is 3. The van der Waals surface area contributed by atoms with Gasteiger partial charge in [-0.15, -0.1) is 0 Å². The van der Waals surface area contributed by atoms with E-state index >= 15 is 0 Å². The number of thiocarbonyl (C=S) groups is 1. The summed E-state index contributed by atoms with van der Waals surface area (Å²) < 4.78 is 44.3. The summed E-state index contributed by atoms with van der Waals surface area (Å²) in [4.78, 5) is 0. The third-order valence-electron chi connectivity index (χ3n) is 2.70. The van der Waals surface area contributed by atoms with Crippen molar-refractivity contribution in [2.24, 2.45) is 10.8 Å². The lowest BCUT2D eigenvalue weighted by molar-refractivity contribution is 0.299. The van der Waals surface area contributed by atoms with E-state index in [1.165, 1.54) is 6.21 Å². The van der Waals surface area contributed by atoms with Crippen LogP contribution in [0.5, 0.6) is 5.75 Å². The van der Waals surface area contributed by atoms with Crippen LogP contribution in [0.25, 0.3) is 0 Å². The fourth-order valence-corrected chi connectivity index (χ4v) is 1.77. The average molecular weight is 339 g/mol. The second-order valence-electron chi connectivity index (χ2n) is 4.47. The first kappa shape index (κ1) is 16.8. The Morgan fingerprint density at radius 1 is 1.22 bits per heavy atom. The molecular formula is C15H12F3N3OS. The van der Waals surface area contributed by atoms with E-state index in [4.69, 9.17) is 10.5 Å². The predicted molar refractivity (Wildman–Crippen MR) is 84.6 cm³/mol. The van der Waals surface area contributed by atoms with Crippen LogP contribution in [0.4, 0.5) is 13.2 Å². The van der Waals surface area contributed by atoms with Gasteiger partial charge < -0.3 is 10.5 Å². The van der Waals surface area contributed by atoms with E-state index in [0.717, 1.165) is 23.3 Å². The molecule has 0 fully saturated rings. The van der Waals surface area contributed by atoms with Gasteiger partial charge in [0.15, 0.2) is 22.6 Å². The lowest BCUT2D eigenvalue weighted by Gasteiger charge is -2.08. The van der Waals surface area contributed by atoms with Crippen molar-refractivity contribution in [2.45, 2.75) is 6.61 Å². The third kappa shape index (κ3) is 4.96.